The molecule has 0 N–H and O–H groups in total. The van der Waals surface area contributed by atoms with E-state index in [1.165, 1.54) is 0 Å². The van der Waals surface area contributed by atoms with Crippen molar-refractivity contribution in [3.63, 3.8) is 0 Å². The summed E-state index contributed by atoms with van der Waals surface area (Å²) in [5.74, 6) is -0.312. The summed E-state index contributed by atoms with van der Waals surface area (Å²) < 4.78 is 0. The molecule has 0 aromatic heterocycles. The molecule has 2 amide bonds. The van der Waals surface area contributed by atoms with Crippen molar-refractivity contribution < 1.29 is 9.59 Å². The Morgan fingerprint density at radius 3 is 2.65 bits per heavy atom. The van der Waals surface area contributed by atoms with Gasteiger partial charge in [-0.25, -0.2) is 0 Å². The van der Waals surface area contributed by atoms with Crippen LogP contribution in [-0.4, -0.2) is 47.3 Å². The SMILES string of the molecule is CN1CCN(C(=O)c2cc(S)ccc2Cl)C(C)(C)C1=O. The van der Waals surface area contributed by atoms with Crippen LogP contribution in [0.3, 0.4) is 0 Å². The second-order valence-corrected chi connectivity index (χ2v) is 6.33. The molecule has 1 saturated heterocycles. The number of benzene rings is 1. The van der Waals surface area contributed by atoms with Gasteiger partial charge >= 0.3 is 0 Å². The van der Waals surface area contributed by atoms with Gasteiger partial charge in [0.1, 0.15) is 5.54 Å². The topological polar surface area (TPSA) is 40.6 Å². The van der Waals surface area contributed by atoms with Gasteiger partial charge in [0.15, 0.2) is 0 Å². The molecule has 1 heterocycles. The number of piperazine rings is 1. The van der Waals surface area contributed by atoms with Crippen LogP contribution in [0.15, 0.2) is 23.1 Å². The van der Waals surface area contributed by atoms with E-state index < -0.39 is 5.54 Å². The summed E-state index contributed by atoms with van der Waals surface area (Å²) in [6, 6.07) is 5.00. The van der Waals surface area contributed by atoms with E-state index in [9.17, 15) is 9.59 Å². The zero-order chi connectivity index (χ0) is 15.1. The Hall–Kier alpha value is -1.20. The van der Waals surface area contributed by atoms with Crippen molar-refractivity contribution in [3.05, 3.63) is 28.8 Å². The maximum atomic E-state index is 12.7. The van der Waals surface area contributed by atoms with Crippen LogP contribution in [0.5, 0.6) is 0 Å². The molecule has 20 heavy (non-hydrogen) atoms. The van der Waals surface area contributed by atoms with Crippen molar-refractivity contribution in [2.75, 3.05) is 20.1 Å². The van der Waals surface area contributed by atoms with Crippen molar-refractivity contribution in [1.82, 2.24) is 9.80 Å². The van der Waals surface area contributed by atoms with Gasteiger partial charge in [-0.1, -0.05) is 11.6 Å². The summed E-state index contributed by atoms with van der Waals surface area (Å²) >= 11 is 10.3. The lowest BCUT2D eigenvalue weighted by molar-refractivity contribution is -0.144. The number of hydrogen-bond donors (Lipinski definition) is 1. The number of thiol groups is 1. The Kier molecular flexibility index (Phi) is 4.02. The Labute approximate surface area is 129 Å². The monoisotopic (exact) mass is 312 g/mol. The number of halogens is 1. The molecular formula is C14H17ClN2O2S. The average molecular weight is 313 g/mol. The number of carbonyl (C=O) groups is 2. The predicted octanol–water partition coefficient (Wildman–Crippen LogP) is 2.32. The molecule has 1 aromatic rings. The maximum absolute atomic E-state index is 12.7. The summed E-state index contributed by atoms with van der Waals surface area (Å²) in [6.45, 7) is 4.51. The van der Waals surface area contributed by atoms with Gasteiger partial charge < -0.3 is 9.80 Å². The first-order chi connectivity index (χ1) is 9.25. The molecule has 6 heteroatoms. The first-order valence-corrected chi connectivity index (χ1v) is 7.13. The molecule has 0 unspecified atom stereocenters. The third-order valence-corrected chi connectivity index (χ3v) is 4.24. The van der Waals surface area contributed by atoms with Gasteiger partial charge in [-0.05, 0) is 32.0 Å². The third-order valence-electron chi connectivity index (χ3n) is 3.63. The number of likely N-dealkylation sites (N-methyl/N-ethyl adjacent to an activating group) is 1. The van der Waals surface area contributed by atoms with E-state index in [2.05, 4.69) is 12.6 Å². The first kappa shape index (κ1) is 15.2. The summed E-state index contributed by atoms with van der Waals surface area (Å²) in [7, 11) is 1.74. The number of amides is 2. The molecule has 1 aliphatic rings. The largest absolute Gasteiger partial charge is 0.342 e. The molecule has 0 saturated carbocycles. The minimum Gasteiger partial charge on any atom is -0.342 e. The zero-order valence-electron chi connectivity index (χ0n) is 11.7. The predicted molar refractivity (Wildman–Crippen MR) is 81.5 cm³/mol. The van der Waals surface area contributed by atoms with Gasteiger partial charge in [-0.2, -0.15) is 0 Å². The molecule has 0 bridgehead atoms. The Morgan fingerprint density at radius 1 is 1.35 bits per heavy atom. The Morgan fingerprint density at radius 2 is 2.00 bits per heavy atom. The highest BCUT2D eigenvalue weighted by Gasteiger charge is 2.43. The fraction of sp³-hybridized carbons (Fsp3) is 0.429. The Balaban J connectivity index is 2.38. The van der Waals surface area contributed by atoms with Crippen LogP contribution >= 0.6 is 24.2 Å². The molecule has 0 radical (unpaired) electrons. The molecule has 0 aliphatic carbocycles. The third kappa shape index (κ3) is 2.52. The van der Waals surface area contributed by atoms with Crippen molar-refractivity contribution in [3.8, 4) is 0 Å². The smallest absolute Gasteiger partial charge is 0.256 e. The number of rotatable bonds is 1. The van der Waals surface area contributed by atoms with Gasteiger partial charge in [0.25, 0.3) is 5.91 Å². The van der Waals surface area contributed by atoms with E-state index in [0.717, 1.165) is 0 Å². The lowest BCUT2D eigenvalue weighted by Gasteiger charge is -2.44. The number of carbonyl (C=O) groups excluding carboxylic acids is 2. The minimum absolute atomic E-state index is 0.0738. The second kappa shape index (κ2) is 5.30. The highest BCUT2D eigenvalue weighted by molar-refractivity contribution is 7.80. The number of hydrogen-bond acceptors (Lipinski definition) is 3. The quantitative estimate of drug-likeness (QED) is 0.809. The molecule has 1 aliphatic heterocycles. The molecule has 0 atom stereocenters. The number of nitrogens with zero attached hydrogens (tertiary/aromatic N) is 2. The molecule has 2 rings (SSSR count). The van der Waals surface area contributed by atoms with Crippen LogP contribution in [0.25, 0.3) is 0 Å². The standard InChI is InChI=1S/C14H17ClN2O2S/c1-14(2)13(19)16(3)6-7-17(14)12(18)10-8-9(20)4-5-11(10)15/h4-5,8,20H,6-7H2,1-3H3. The molecule has 0 spiro atoms. The van der Waals surface area contributed by atoms with Crippen molar-refractivity contribution in [2.24, 2.45) is 0 Å². The van der Waals surface area contributed by atoms with Crippen LogP contribution < -0.4 is 0 Å². The summed E-state index contributed by atoms with van der Waals surface area (Å²) in [5.41, 5.74) is -0.496. The fourth-order valence-corrected chi connectivity index (χ4v) is 2.79. The lowest BCUT2D eigenvalue weighted by Crippen LogP contribution is -2.63. The van der Waals surface area contributed by atoms with Crippen LogP contribution in [0, 0.1) is 0 Å². The summed E-state index contributed by atoms with van der Waals surface area (Å²) in [6.07, 6.45) is 0. The van der Waals surface area contributed by atoms with Crippen LogP contribution in [-0.2, 0) is 4.79 Å². The van der Waals surface area contributed by atoms with Gasteiger partial charge in [0.05, 0.1) is 10.6 Å². The lowest BCUT2D eigenvalue weighted by atomic mass is 9.96. The molecular weight excluding hydrogens is 296 g/mol. The second-order valence-electron chi connectivity index (χ2n) is 5.41. The average Bonchev–Trinajstić information content (AvgIpc) is 2.38. The highest BCUT2D eigenvalue weighted by Crippen LogP contribution is 2.27. The normalized spacial score (nSPS) is 18.4. The molecule has 4 nitrogen and oxygen atoms in total. The van der Waals surface area contributed by atoms with E-state index in [-0.39, 0.29) is 11.8 Å². The summed E-state index contributed by atoms with van der Waals surface area (Å²) in [4.78, 5) is 28.8. The van der Waals surface area contributed by atoms with Crippen LogP contribution in [0.4, 0.5) is 0 Å². The van der Waals surface area contributed by atoms with E-state index in [1.807, 2.05) is 0 Å². The van der Waals surface area contributed by atoms with Crippen molar-refractivity contribution in [2.45, 2.75) is 24.3 Å². The van der Waals surface area contributed by atoms with Crippen LogP contribution in [0.2, 0.25) is 5.02 Å². The first-order valence-electron chi connectivity index (χ1n) is 6.31. The van der Waals surface area contributed by atoms with Gasteiger partial charge in [0, 0.05) is 25.0 Å². The highest BCUT2D eigenvalue weighted by atomic mass is 35.5. The van der Waals surface area contributed by atoms with Gasteiger partial charge in [-0.3, -0.25) is 9.59 Å². The van der Waals surface area contributed by atoms with E-state index >= 15 is 0 Å². The van der Waals surface area contributed by atoms with Crippen LogP contribution in [0.1, 0.15) is 24.2 Å². The molecule has 1 fully saturated rings. The molecule has 108 valence electrons. The van der Waals surface area contributed by atoms with Gasteiger partial charge in [0.2, 0.25) is 5.91 Å². The minimum atomic E-state index is -0.875. The van der Waals surface area contributed by atoms with Crippen molar-refractivity contribution in [1.29, 1.82) is 0 Å². The fourth-order valence-electron chi connectivity index (χ4n) is 2.39. The summed E-state index contributed by atoms with van der Waals surface area (Å²) in [5, 5.41) is 0.370. The van der Waals surface area contributed by atoms with Gasteiger partial charge in [-0.15, -0.1) is 12.6 Å². The van der Waals surface area contributed by atoms with E-state index in [4.69, 9.17) is 11.6 Å². The molecule has 1 aromatic carbocycles. The maximum Gasteiger partial charge on any atom is 0.256 e. The van der Waals surface area contributed by atoms with Crippen molar-refractivity contribution >= 4 is 36.0 Å². The Bertz CT molecular complexity index is 574. The van der Waals surface area contributed by atoms with E-state index in [0.29, 0.717) is 28.6 Å². The zero-order valence-corrected chi connectivity index (χ0v) is 13.3. The van der Waals surface area contributed by atoms with E-state index in [1.54, 1.807) is 48.9 Å².